The minimum absolute atomic E-state index is 0.604. The lowest BCUT2D eigenvalue weighted by Gasteiger charge is -2.04. The molecule has 2 aromatic carbocycles. The molecule has 0 aliphatic carbocycles. The Bertz CT molecular complexity index is 953. The second-order valence-corrected chi connectivity index (χ2v) is 5.78. The molecule has 4 heteroatoms. The number of rotatable bonds is 1. The van der Waals surface area contributed by atoms with E-state index in [-0.39, 0.29) is 0 Å². The van der Waals surface area contributed by atoms with Crippen LogP contribution in [-0.2, 0) is 0 Å². The number of fused-ring (bicyclic) bond motifs is 3. The predicted molar refractivity (Wildman–Crippen MR) is 89.1 cm³/mol. The Morgan fingerprint density at radius 1 is 0.857 bits per heavy atom. The lowest BCUT2D eigenvalue weighted by atomic mass is 10.1. The van der Waals surface area contributed by atoms with E-state index in [9.17, 15) is 0 Å². The van der Waals surface area contributed by atoms with Crippen molar-refractivity contribution in [2.75, 3.05) is 0 Å². The van der Waals surface area contributed by atoms with E-state index < -0.39 is 0 Å². The number of H-pyrrole nitrogens is 1. The number of nitrogens with one attached hydrogen (secondary N) is 1. The van der Waals surface area contributed by atoms with Gasteiger partial charge in [-0.15, -0.1) is 0 Å². The number of pyridine rings is 1. The van der Waals surface area contributed by atoms with Gasteiger partial charge in [0.25, 0.3) is 0 Å². The minimum atomic E-state index is 0.604. The van der Waals surface area contributed by atoms with Crippen LogP contribution in [0.4, 0.5) is 0 Å². The number of aromatic amines is 1. The van der Waals surface area contributed by atoms with Gasteiger partial charge < -0.3 is 4.98 Å². The van der Waals surface area contributed by atoms with Crippen LogP contribution >= 0.6 is 23.2 Å². The molecule has 0 aliphatic rings. The maximum Gasteiger partial charge on any atom is 0.0944 e. The summed E-state index contributed by atoms with van der Waals surface area (Å²) in [5, 5.41) is 3.54. The van der Waals surface area contributed by atoms with Gasteiger partial charge in [0.2, 0.25) is 0 Å². The first-order chi connectivity index (χ1) is 10.2. The van der Waals surface area contributed by atoms with Crippen molar-refractivity contribution in [3.05, 3.63) is 64.8 Å². The monoisotopic (exact) mass is 312 g/mol. The van der Waals surface area contributed by atoms with Crippen LogP contribution in [0.25, 0.3) is 33.1 Å². The first kappa shape index (κ1) is 12.7. The van der Waals surface area contributed by atoms with Gasteiger partial charge in [-0.25, -0.2) is 0 Å². The van der Waals surface area contributed by atoms with E-state index in [1.165, 1.54) is 5.39 Å². The molecule has 0 saturated heterocycles. The molecule has 0 saturated carbocycles. The van der Waals surface area contributed by atoms with Crippen molar-refractivity contribution in [2.45, 2.75) is 0 Å². The topological polar surface area (TPSA) is 28.7 Å². The molecule has 0 atom stereocenters. The first-order valence-electron chi connectivity index (χ1n) is 6.54. The van der Waals surface area contributed by atoms with E-state index in [1.54, 1.807) is 6.07 Å². The molecular weight excluding hydrogens is 303 g/mol. The summed E-state index contributed by atoms with van der Waals surface area (Å²) in [7, 11) is 0. The first-order valence-corrected chi connectivity index (χ1v) is 7.30. The zero-order valence-electron chi connectivity index (χ0n) is 10.9. The molecule has 1 N–H and O–H groups in total. The SMILES string of the molecule is Clc1cc(Cl)cc(-c2nccc3c2[nH]c2ccccc23)c1. The fraction of sp³-hybridized carbons (Fsp3) is 0. The highest BCUT2D eigenvalue weighted by Crippen LogP contribution is 2.33. The van der Waals surface area contributed by atoms with E-state index in [0.29, 0.717) is 10.0 Å². The van der Waals surface area contributed by atoms with Crippen LogP contribution in [0.5, 0.6) is 0 Å². The molecule has 0 amide bonds. The van der Waals surface area contributed by atoms with Crippen molar-refractivity contribution in [1.82, 2.24) is 9.97 Å². The molecular formula is C17H10Cl2N2. The second kappa shape index (κ2) is 4.76. The fourth-order valence-electron chi connectivity index (χ4n) is 2.68. The van der Waals surface area contributed by atoms with E-state index in [0.717, 1.165) is 27.7 Å². The van der Waals surface area contributed by atoms with Gasteiger partial charge >= 0.3 is 0 Å². The maximum atomic E-state index is 6.11. The number of halogens is 2. The summed E-state index contributed by atoms with van der Waals surface area (Å²) in [6.07, 6.45) is 1.81. The van der Waals surface area contributed by atoms with Crippen molar-refractivity contribution in [1.29, 1.82) is 0 Å². The zero-order valence-corrected chi connectivity index (χ0v) is 12.4. The van der Waals surface area contributed by atoms with Crippen LogP contribution in [0.1, 0.15) is 0 Å². The average Bonchev–Trinajstić information content (AvgIpc) is 2.84. The van der Waals surface area contributed by atoms with Crippen molar-refractivity contribution in [2.24, 2.45) is 0 Å². The number of hydrogen-bond acceptors (Lipinski definition) is 1. The van der Waals surface area contributed by atoms with Crippen molar-refractivity contribution in [3.63, 3.8) is 0 Å². The van der Waals surface area contributed by atoms with Crippen LogP contribution in [0.2, 0.25) is 10.0 Å². The third-order valence-corrected chi connectivity index (χ3v) is 4.00. The maximum absolute atomic E-state index is 6.11. The van der Waals surface area contributed by atoms with E-state index in [2.05, 4.69) is 22.1 Å². The molecule has 21 heavy (non-hydrogen) atoms. The van der Waals surface area contributed by atoms with Crippen molar-refractivity contribution in [3.8, 4) is 11.3 Å². The molecule has 0 radical (unpaired) electrons. The lowest BCUT2D eigenvalue weighted by Crippen LogP contribution is -1.85. The molecule has 0 spiro atoms. The Hall–Kier alpha value is -2.03. The third kappa shape index (κ3) is 2.08. The number of para-hydroxylation sites is 1. The van der Waals surface area contributed by atoms with Crippen LogP contribution in [-0.4, -0.2) is 9.97 Å². The summed E-state index contributed by atoms with van der Waals surface area (Å²) < 4.78 is 0. The van der Waals surface area contributed by atoms with Gasteiger partial charge in [-0.05, 0) is 30.3 Å². The lowest BCUT2D eigenvalue weighted by molar-refractivity contribution is 1.34. The molecule has 0 fully saturated rings. The van der Waals surface area contributed by atoms with Gasteiger partial charge in [0, 0.05) is 38.1 Å². The van der Waals surface area contributed by atoms with Gasteiger partial charge in [-0.2, -0.15) is 0 Å². The Morgan fingerprint density at radius 3 is 2.43 bits per heavy atom. The van der Waals surface area contributed by atoms with Gasteiger partial charge in [-0.1, -0.05) is 41.4 Å². The number of aromatic nitrogens is 2. The normalized spacial score (nSPS) is 11.3. The fourth-order valence-corrected chi connectivity index (χ4v) is 3.21. The zero-order chi connectivity index (χ0) is 14.4. The molecule has 4 rings (SSSR count). The number of hydrogen-bond donors (Lipinski definition) is 1. The van der Waals surface area contributed by atoms with E-state index in [1.807, 2.05) is 36.5 Å². The molecule has 2 aromatic heterocycles. The quantitative estimate of drug-likeness (QED) is 0.480. The van der Waals surface area contributed by atoms with E-state index in [4.69, 9.17) is 23.2 Å². The molecule has 4 aromatic rings. The Labute approximate surface area is 131 Å². The van der Waals surface area contributed by atoms with Crippen LogP contribution < -0.4 is 0 Å². The molecule has 2 heterocycles. The Kier molecular flexibility index (Phi) is 2.88. The molecule has 0 aliphatic heterocycles. The largest absolute Gasteiger partial charge is 0.353 e. The summed E-state index contributed by atoms with van der Waals surface area (Å²) in [5.41, 5.74) is 3.85. The summed E-state index contributed by atoms with van der Waals surface area (Å²) in [5.74, 6) is 0. The summed E-state index contributed by atoms with van der Waals surface area (Å²) >= 11 is 12.2. The van der Waals surface area contributed by atoms with Crippen molar-refractivity contribution < 1.29 is 0 Å². The highest BCUT2D eigenvalue weighted by molar-refractivity contribution is 6.35. The molecule has 0 bridgehead atoms. The molecule has 0 unspecified atom stereocenters. The van der Waals surface area contributed by atoms with Gasteiger partial charge in [0.05, 0.1) is 11.2 Å². The summed E-state index contributed by atoms with van der Waals surface area (Å²) in [4.78, 5) is 7.94. The second-order valence-electron chi connectivity index (χ2n) is 4.91. The summed E-state index contributed by atoms with van der Waals surface area (Å²) in [6, 6.07) is 15.7. The summed E-state index contributed by atoms with van der Waals surface area (Å²) in [6.45, 7) is 0. The van der Waals surface area contributed by atoms with Gasteiger partial charge in [-0.3, -0.25) is 4.98 Å². The Morgan fingerprint density at radius 2 is 1.62 bits per heavy atom. The minimum Gasteiger partial charge on any atom is -0.353 e. The number of nitrogens with zero attached hydrogens (tertiary/aromatic N) is 1. The van der Waals surface area contributed by atoms with Crippen molar-refractivity contribution >= 4 is 45.0 Å². The molecule has 102 valence electrons. The smallest absolute Gasteiger partial charge is 0.0944 e. The highest BCUT2D eigenvalue weighted by atomic mass is 35.5. The van der Waals surface area contributed by atoms with Crippen LogP contribution in [0, 0.1) is 0 Å². The molecule has 2 nitrogen and oxygen atoms in total. The van der Waals surface area contributed by atoms with Gasteiger partial charge in [0.1, 0.15) is 0 Å². The predicted octanol–water partition coefficient (Wildman–Crippen LogP) is 5.69. The van der Waals surface area contributed by atoms with Gasteiger partial charge in [0.15, 0.2) is 0 Å². The number of benzene rings is 2. The Balaban J connectivity index is 2.09. The average molecular weight is 313 g/mol. The van der Waals surface area contributed by atoms with Crippen LogP contribution in [0.3, 0.4) is 0 Å². The van der Waals surface area contributed by atoms with Crippen LogP contribution in [0.15, 0.2) is 54.7 Å². The third-order valence-electron chi connectivity index (χ3n) is 3.56. The van der Waals surface area contributed by atoms with E-state index >= 15 is 0 Å². The standard InChI is InChI=1S/C17H10Cl2N2/c18-11-7-10(8-12(19)9-11)16-17-14(5-6-20-16)13-3-1-2-4-15(13)21-17/h1-9,21H. The highest BCUT2D eigenvalue weighted by Gasteiger charge is 2.11.